The molecule has 0 aliphatic rings. The number of nitrogens with one attached hydrogen (secondary N) is 1. The van der Waals surface area contributed by atoms with Gasteiger partial charge in [-0.2, -0.15) is 5.10 Å². The summed E-state index contributed by atoms with van der Waals surface area (Å²) >= 11 is 3.54. The number of carbonyl (C=O) groups excluding carboxylic acids is 1. The number of amides is 1. The maximum atomic E-state index is 11.1. The van der Waals surface area contributed by atoms with E-state index in [4.69, 9.17) is 10.5 Å². The monoisotopic (exact) mass is 488 g/mol. The van der Waals surface area contributed by atoms with Gasteiger partial charge in [-0.25, -0.2) is 4.98 Å². The Morgan fingerprint density at radius 1 is 1.13 bits per heavy atom. The second-order valence-electron chi connectivity index (χ2n) is 7.94. The van der Waals surface area contributed by atoms with Crippen molar-refractivity contribution in [2.75, 3.05) is 13.2 Å². The third kappa shape index (κ3) is 7.51. The molecule has 1 aromatic heterocycles. The van der Waals surface area contributed by atoms with Gasteiger partial charge in [0.15, 0.2) is 5.82 Å². The van der Waals surface area contributed by atoms with E-state index in [1.807, 2.05) is 55.5 Å². The number of benzene rings is 2. The Labute approximate surface area is 187 Å². The van der Waals surface area contributed by atoms with Crippen LogP contribution in [0.25, 0.3) is 22.5 Å². The van der Waals surface area contributed by atoms with Gasteiger partial charge in [0.1, 0.15) is 0 Å². The maximum absolute atomic E-state index is 11.1. The van der Waals surface area contributed by atoms with Gasteiger partial charge >= 0.3 is 0 Å². The minimum Gasteiger partial charge on any atom is -0.382 e. The summed E-state index contributed by atoms with van der Waals surface area (Å²) in [6, 6.07) is 17.0. The number of ether oxygens (including phenoxy) is 1. The average Bonchev–Trinajstić information content (AvgIpc) is 3.19. The van der Waals surface area contributed by atoms with Gasteiger partial charge in [-0.1, -0.05) is 72.0 Å². The molecule has 0 spiro atoms. The van der Waals surface area contributed by atoms with Crippen molar-refractivity contribution in [3.63, 3.8) is 0 Å². The molecule has 3 N–H and O–H groups in total. The van der Waals surface area contributed by atoms with Crippen molar-refractivity contribution in [3.05, 3.63) is 58.8 Å². The molecule has 0 aliphatic heterocycles. The van der Waals surface area contributed by atoms with E-state index >= 15 is 0 Å². The molecule has 0 radical (unpaired) electrons. The van der Waals surface area contributed by atoms with Gasteiger partial charge in [-0.15, -0.1) is 0 Å². The predicted molar refractivity (Wildman–Crippen MR) is 128 cm³/mol. The summed E-state index contributed by atoms with van der Waals surface area (Å²) in [4.78, 5) is 15.1. The highest BCUT2D eigenvalue weighted by molar-refractivity contribution is 9.10. The number of primary amides is 1. The molecule has 30 heavy (non-hydrogen) atoms. The van der Waals surface area contributed by atoms with E-state index in [0.29, 0.717) is 5.82 Å². The van der Waals surface area contributed by atoms with Crippen molar-refractivity contribution in [2.45, 2.75) is 32.6 Å². The highest BCUT2D eigenvalue weighted by Crippen LogP contribution is 2.30. The number of carbonyl (C=O) groups is 1. The lowest BCUT2D eigenvalue weighted by Gasteiger charge is -2.14. The molecule has 1 amide bonds. The van der Waals surface area contributed by atoms with Crippen molar-refractivity contribution in [1.82, 2.24) is 15.2 Å². The number of nitrogens with zero attached hydrogens (tertiary/aromatic N) is 2. The third-order valence-electron chi connectivity index (χ3n) is 4.22. The highest BCUT2D eigenvalue weighted by atomic mass is 79.9. The molecule has 0 fully saturated rings. The highest BCUT2D eigenvalue weighted by Gasteiger charge is 2.12. The van der Waals surface area contributed by atoms with Crippen molar-refractivity contribution in [3.8, 4) is 22.5 Å². The minimum absolute atomic E-state index is 0.0521. The van der Waals surface area contributed by atoms with Crippen LogP contribution in [0.4, 0.5) is 0 Å². The Kier molecular flexibility index (Phi) is 8.95. The molecule has 0 aliphatic carbocycles. The quantitative estimate of drug-likeness (QED) is 0.345. The molecule has 0 bridgehead atoms. The molecule has 1 heterocycles. The number of aromatic nitrogens is 3. The van der Waals surface area contributed by atoms with Crippen molar-refractivity contribution < 1.29 is 9.53 Å². The number of hydrogen-bond acceptors (Lipinski definition) is 4. The maximum Gasteiger partial charge on any atom is 0.286 e. The molecule has 2 aromatic carbocycles. The number of hydrogen-bond donors (Lipinski definition) is 2. The van der Waals surface area contributed by atoms with E-state index in [1.165, 1.54) is 6.04 Å². The second-order valence-corrected chi connectivity index (χ2v) is 14.4. The molecule has 3 rings (SSSR count). The number of H-pyrrole nitrogens is 1. The fraction of sp³-hybridized carbons (Fsp3) is 0.318. The summed E-state index contributed by atoms with van der Waals surface area (Å²) in [5, 5.41) is 6.55. The molecule has 160 valence electrons. The standard InChI is InChI=1S/C15H11BrN4O.C7H18OSi/c16-12-7-2-1-6-11(12)9-4-3-5-10(8-9)14-18-15(13(17)21)20-19-14;1-5-8-6-7-9(2,3)4/h1-8H,(H2,17,21)(H,18,19,20);5-7H2,1-4H3. The molecule has 0 unspecified atom stereocenters. The van der Waals surface area contributed by atoms with E-state index in [9.17, 15) is 4.79 Å². The Bertz CT molecular complexity index is 970. The first kappa shape index (κ1) is 24.0. The van der Waals surface area contributed by atoms with Crippen LogP contribution in [0.3, 0.4) is 0 Å². The SMILES string of the molecule is CCOCC[Si](C)(C)C.NC(=O)c1nc(-c2cccc(-c3ccccc3Br)c2)n[nH]1. The van der Waals surface area contributed by atoms with Gasteiger partial charge in [0.25, 0.3) is 5.91 Å². The van der Waals surface area contributed by atoms with Crippen molar-refractivity contribution >= 4 is 29.9 Å². The van der Waals surface area contributed by atoms with E-state index in [1.54, 1.807) is 0 Å². The summed E-state index contributed by atoms with van der Waals surface area (Å²) in [5.41, 5.74) is 8.09. The summed E-state index contributed by atoms with van der Waals surface area (Å²) in [6.07, 6.45) is 0. The van der Waals surface area contributed by atoms with E-state index < -0.39 is 14.0 Å². The van der Waals surface area contributed by atoms with Crippen molar-refractivity contribution in [1.29, 1.82) is 0 Å². The van der Waals surface area contributed by atoms with Crippen LogP contribution < -0.4 is 5.73 Å². The zero-order valence-corrected chi connectivity index (χ0v) is 20.5. The molecule has 0 atom stereocenters. The van der Waals surface area contributed by atoms with Gasteiger partial charge < -0.3 is 10.5 Å². The lowest BCUT2D eigenvalue weighted by molar-refractivity contribution is 0.0991. The molecule has 0 saturated heterocycles. The number of nitrogens with two attached hydrogens (primary N) is 1. The van der Waals surface area contributed by atoms with Crippen LogP contribution in [0.1, 0.15) is 17.5 Å². The van der Waals surface area contributed by atoms with Crippen LogP contribution in [-0.2, 0) is 4.74 Å². The number of halogens is 1. The normalized spacial score (nSPS) is 11.0. The second kappa shape index (κ2) is 11.2. The van der Waals surface area contributed by atoms with Crippen LogP contribution >= 0.6 is 15.9 Å². The van der Waals surface area contributed by atoms with E-state index in [2.05, 4.69) is 50.8 Å². The van der Waals surface area contributed by atoms with Crippen LogP contribution in [0.5, 0.6) is 0 Å². The lowest BCUT2D eigenvalue weighted by atomic mass is 10.0. The molecule has 8 heteroatoms. The van der Waals surface area contributed by atoms with Crippen molar-refractivity contribution in [2.24, 2.45) is 5.73 Å². The largest absolute Gasteiger partial charge is 0.382 e. The minimum atomic E-state index is -0.819. The predicted octanol–water partition coefficient (Wildman–Crippen LogP) is 5.36. The van der Waals surface area contributed by atoms with Crippen LogP contribution in [0.2, 0.25) is 25.7 Å². The van der Waals surface area contributed by atoms with Gasteiger partial charge in [0.2, 0.25) is 5.82 Å². The zero-order chi connectivity index (χ0) is 22.1. The summed E-state index contributed by atoms with van der Waals surface area (Å²) in [5.74, 6) is -0.135. The average molecular weight is 489 g/mol. The summed E-state index contributed by atoms with van der Waals surface area (Å²) in [7, 11) is -0.819. The smallest absolute Gasteiger partial charge is 0.286 e. The molecule has 0 saturated carbocycles. The van der Waals surface area contributed by atoms with Gasteiger partial charge in [-0.05, 0) is 36.2 Å². The van der Waals surface area contributed by atoms with Gasteiger partial charge in [0.05, 0.1) is 0 Å². The first-order valence-corrected chi connectivity index (χ1v) is 14.4. The fourth-order valence-corrected chi connectivity index (χ4v) is 3.82. The molecule has 6 nitrogen and oxygen atoms in total. The molecular weight excluding hydrogens is 460 g/mol. The van der Waals surface area contributed by atoms with E-state index in [-0.39, 0.29) is 5.82 Å². The van der Waals surface area contributed by atoms with E-state index in [0.717, 1.165) is 34.4 Å². The first-order chi connectivity index (χ1) is 14.2. The Morgan fingerprint density at radius 3 is 2.43 bits per heavy atom. The number of rotatable bonds is 7. The Morgan fingerprint density at radius 2 is 1.83 bits per heavy atom. The van der Waals surface area contributed by atoms with Crippen LogP contribution in [-0.4, -0.2) is 42.4 Å². The van der Waals surface area contributed by atoms with Crippen LogP contribution in [0.15, 0.2) is 53.0 Å². The summed E-state index contributed by atoms with van der Waals surface area (Å²) in [6.45, 7) is 11.0. The summed E-state index contributed by atoms with van der Waals surface area (Å²) < 4.78 is 6.25. The molecular formula is C22H29BrN4O2Si. The fourth-order valence-electron chi connectivity index (χ4n) is 2.54. The zero-order valence-electron chi connectivity index (χ0n) is 17.9. The third-order valence-corrected chi connectivity index (χ3v) is 6.62. The lowest BCUT2D eigenvalue weighted by Crippen LogP contribution is -2.21. The van der Waals surface area contributed by atoms with Gasteiger partial charge in [-0.3, -0.25) is 9.89 Å². The molecule has 3 aromatic rings. The van der Waals surface area contributed by atoms with Gasteiger partial charge in [0, 0.05) is 31.3 Å². The first-order valence-electron chi connectivity index (χ1n) is 9.86. The van der Waals surface area contributed by atoms with Crippen LogP contribution in [0, 0.1) is 0 Å². The topological polar surface area (TPSA) is 93.9 Å². The Hall–Kier alpha value is -2.29. The Balaban J connectivity index is 0.000000303. The number of aromatic amines is 1.